The molecule has 2 aromatic carbocycles. The molecule has 4 aromatic rings. The average Bonchev–Trinajstić information content (AvgIpc) is 3.29. The van der Waals surface area contributed by atoms with Crippen molar-refractivity contribution in [2.75, 3.05) is 21.3 Å². The number of methoxy groups -OCH3 is 3. The molecule has 1 amide bonds. The second-order valence-electron chi connectivity index (χ2n) is 7.09. The highest BCUT2D eigenvalue weighted by molar-refractivity contribution is 6.00. The van der Waals surface area contributed by atoms with E-state index in [-0.39, 0.29) is 0 Å². The van der Waals surface area contributed by atoms with Crippen LogP contribution in [0, 0.1) is 6.92 Å². The number of hydrogen-bond acceptors (Lipinski definition) is 7. The van der Waals surface area contributed by atoms with E-state index in [2.05, 4.69) is 20.6 Å². The van der Waals surface area contributed by atoms with E-state index in [9.17, 15) is 4.79 Å². The van der Waals surface area contributed by atoms with Gasteiger partial charge in [-0.3, -0.25) is 4.79 Å². The molecule has 0 aliphatic carbocycles. The minimum atomic E-state index is -0.433. The fourth-order valence-corrected chi connectivity index (χ4v) is 3.40. The van der Waals surface area contributed by atoms with Gasteiger partial charge in [0.1, 0.15) is 11.3 Å². The smallest absolute Gasteiger partial charge is 0.276 e. The van der Waals surface area contributed by atoms with E-state index in [0.29, 0.717) is 34.0 Å². The molecule has 0 atom stereocenters. The molecule has 0 unspecified atom stereocenters. The lowest BCUT2D eigenvalue weighted by Gasteiger charge is -2.11. The summed E-state index contributed by atoms with van der Waals surface area (Å²) in [4.78, 5) is 17.5. The minimum absolute atomic E-state index is 0.312. The van der Waals surface area contributed by atoms with E-state index < -0.39 is 5.91 Å². The Morgan fingerprint density at radius 2 is 1.70 bits per heavy atom. The van der Waals surface area contributed by atoms with Crippen LogP contribution in [0.5, 0.6) is 17.2 Å². The van der Waals surface area contributed by atoms with E-state index in [0.717, 1.165) is 17.0 Å². The van der Waals surface area contributed by atoms with Gasteiger partial charge in [0.25, 0.3) is 5.91 Å². The van der Waals surface area contributed by atoms with Gasteiger partial charge in [0.2, 0.25) is 0 Å². The molecule has 0 saturated heterocycles. The Labute approximate surface area is 190 Å². The summed E-state index contributed by atoms with van der Waals surface area (Å²) in [6.07, 6.45) is 2.95. The van der Waals surface area contributed by atoms with Crippen LogP contribution in [0.15, 0.2) is 59.8 Å². The van der Waals surface area contributed by atoms with E-state index >= 15 is 0 Å². The van der Waals surface area contributed by atoms with E-state index in [4.69, 9.17) is 14.2 Å². The summed E-state index contributed by atoms with van der Waals surface area (Å²) in [5.41, 5.74) is 6.47. The third-order valence-electron chi connectivity index (χ3n) is 5.07. The maximum atomic E-state index is 12.9. The van der Waals surface area contributed by atoms with Gasteiger partial charge in [0.05, 0.1) is 39.4 Å². The average molecular weight is 445 g/mol. The quantitative estimate of drug-likeness (QED) is 0.345. The zero-order valence-electron chi connectivity index (χ0n) is 18.7. The van der Waals surface area contributed by atoms with Crippen molar-refractivity contribution in [1.82, 2.24) is 20.0 Å². The van der Waals surface area contributed by atoms with Crippen LogP contribution in [0.1, 0.15) is 21.6 Å². The van der Waals surface area contributed by atoms with Crippen LogP contribution in [0.2, 0.25) is 0 Å². The maximum absolute atomic E-state index is 12.9. The molecule has 2 aromatic heterocycles. The van der Waals surface area contributed by atoms with Gasteiger partial charge in [-0.25, -0.2) is 14.9 Å². The number of fused-ring (bicyclic) bond motifs is 1. The van der Waals surface area contributed by atoms with Crippen LogP contribution in [-0.4, -0.2) is 48.0 Å². The Bertz CT molecular complexity index is 1330. The molecule has 0 radical (unpaired) electrons. The molecule has 0 fully saturated rings. The highest BCUT2D eigenvalue weighted by Crippen LogP contribution is 2.33. The van der Waals surface area contributed by atoms with Crippen LogP contribution < -0.4 is 19.6 Å². The molecule has 0 spiro atoms. The molecule has 1 N–H and O–H groups in total. The normalized spacial score (nSPS) is 11.0. The van der Waals surface area contributed by atoms with Gasteiger partial charge in [-0.15, -0.1) is 0 Å². The lowest BCUT2D eigenvalue weighted by molar-refractivity contribution is 0.0956. The van der Waals surface area contributed by atoms with Gasteiger partial charge in [0.15, 0.2) is 17.1 Å². The first-order chi connectivity index (χ1) is 16.0. The Balaban J connectivity index is 1.61. The summed E-state index contributed by atoms with van der Waals surface area (Å²) in [6.45, 7) is 1.91. The van der Waals surface area contributed by atoms with E-state index in [1.54, 1.807) is 23.8 Å². The summed E-state index contributed by atoms with van der Waals surface area (Å²) < 4.78 is 17.6. The van der Waals surface area contributed by atoms with Crippen molar-refractivity contribution in [1.29, 1.82) is 0 Å². The number of hydrazone groups is 1. The van der Waals surface area contributed by atoms with Crippen molar-refractivity contribution in [2.24, 2.45) is 5.10 Å². The first-order valence-corrected chi connectivity index (χ1v) is 10.1. The van der Waals surface area contributed by atoms with Gasteiger partial charge in [0, 0.05) is 22.9 Å². The number of hydrogen-bond donors (Lipinski definition) is 1. The molecule has 0 bridgehead atoms. The first kappa shape index (κ1) is 21.8. The van der Waals surface area contributed by atoms with Gasteiger partial charge in [-0.05, 0) is 19.1 Å². The standard InChI is InChI=1S/C24H23N5O4/c1-15-10-19(16-8-6-5-7-9-16)27-23-18(14-26-29(15)23)24(30)28-25-13-17-11-21(32-3)22(33-4)12-20(17)31-2/h5-14H,1-4H3,(H,28,30)/b25-13-. The molecular weight excluding hydrogens is 422 g/mol. The van der Waals surface area contributed by atoms with E-state index in [1.165, 1.54) is 26.6 Å². The van der Waals surface area contributed by atoms with Gasteiger partial charge in [-0.2, -0.15) is 10.2 Å². The summed E-state index contributed by atoms with van der Waals surface area (Å²) in [5.74, 6) is 1.13. The highest BCUT2D eigenvalue weighted by atomic mass is 16.5. The number of aromatic nitrogens is 3. The number of nitrogens with one attached hydrogen (secondary N) is 1. The third kappa shape index (κ3) is 4.33. The number of amides is 1. The monoisotopic (exact) mass is 445 g/mol. The van der Waals surface area contributed by atoms with Crippen molar-refractivity contribution >= 4 is 17.8 Å². The van der Waals surface area contributed by atoms with Crippen LogP contribution in [-0.2, 0) is 0 Å². The summed E-state index contributed by atoms with van der Waals surface area (Å²) in [7, 11) is 4.62. The maximum Gasteiger partial charge on any atom is 0.276 e. The number of ether oxygens (including phenoxy) is 3. The van der Waals surface area contributed by atoms with Crippen molar-refractivity contribution in [2.45, 2.75) is 6.92 Å². The summed E-state index contributed by atoms with van der Waals surface area (Å²) in [5, 5.41) is 8.38. The van der Waals surface area contributed by atoms with Crippen LogP contribution in [0.3, 0.4) is 0 Å². The van der Waals surface area contributed by atoms with Gasteiger partial charge >= 0.3 is 0 Å². The zero-order chi connectivity index (χ0) is 23.4. The van der Waals surface area contributed by atoms with Crippen LogP contribution >= 0.6 is 0 Å². The molecule has 0 aliphatic rings. The SMILES string of the molecule is COc1cc(OC)c(OC)cc1/C=N\NC(=O)c1cnn2c(C)cc(-c3ccccc3)nc12. The summed E-state index contributed by atoms with van der Waals surface area (Å²) in [6, 6.07) is 15.1. The van der Waals surface area contributed by atoms with E-state index in [1.807, 2.05) is 43.3 Å². The lowest BCUT2D eigenvalue weighted by Crippen LogP contribution is -2.18. The summed E-state index contributed by atoms with van der Waals surface area (Å²) >= 11 is 0. The number of aryl methyl sites for hydroxylation is 1. The number of carbonyl (C=O) groups excluding carboxylic acids is 1. The topological polar surface area (TPSA) is 99.3 Å². The van der Waals surface area contributed by atoms with Crippen molar-refractivity contribution < 1.29 is 19.0 Å². The first-order valence-electron chi connectivity index (χ1n) is 10.1. The zero-order valence-corrected chi connectivity index (χ0v) is 18.7. The van der Waals surface area contributed by atoms with Crippen LogP contribution in [0.4, 0.5) is 0 Å². The molecule has 9 heteroatoms. The van der Waals surface area contributed by atoms with Gasteiger partial charge in [-0.1, -0.05) is 30.3 Å². The lowest BCUT2D eigenvalue weighted by atomic mass is 10.1. The molecular formula is C24H23N5O4. The molecule has 33 heavy (non-hydrogen) atoms. The third-order valence-corrected chi connectivity index (χ3v) is 5.07. The second kappa shape index (κ2) is 9.39. The minimum Gasteiger partial charge on any atom is -0.496 e. The largest absolute Gasteiger partial charge is 0.496 e. The van der Waals surface area contributed by atoms with Gasteiger partial charge < -0.3 is 14.2 Å². The number of benzene rings is 2. The number of carbonyl (C=O) groups is 1. The highest BCUT2D eigenvalue weighted by Gasteiger charge is 2.16. The Hall–Kier alpha value is -4.40. The Morgan fingerprint density at radius 3 is 2.39 bits per heavy atom. The number of nitrogens with zero attached hydrogens (tertiary/aromatic N) is 4. The molecule has 9 nitrogen and oxygen atoms in total. The number of rotatable bonds is 7. The molecule has 2 heterocycles. The molecule has 168 valence electrons. The predicted octanol–water partition coefficient (Wildman–Crippen LogP) is 3.49. The molecule has 4 rings (SSSR count). The second-order valence-corrected chi connectivity index (χ2v) is 7.09. The molecule has 0 aliphatic heterocycles. The molecule has 0 saturated carbocycles. The Kier molecular flexibility index (Phi) is 6.21. The van der Waals surface area contributed by atoms with Crippen LogP contribution in [0.25, 0.3) is 16.9 Å². The van der Waals surface area contributed by atoms with Crippen molar-refractivity contribution in [3.05, 3.63) is 71.5 Å². The van der Waals surface area contributed by atoms with Crippen molar-refractivity contribution in [3.63, 3.8) is 0 Å². The predicted molar refractivity (Wildman–Crippen MR) is 124 cm³/mol. The Morgan fingerprint density at radius 1 is 1.00 bits per heavy atom. The fraction of sp³-hybridized carbons (Fsp3) is 0.167. The fourth-order valence-electron chi connectivity index (χ4n) is 3.40. The van der Waals surface area contributed by atoms with Crippen molar-refractivity contribution in [3.8, 4) is 28.5 Å².